The smallest absolute Gasteiger partial charge is 0.138 e. The van der Waals surface area contributed by atoms with Gasteiger partial charge < -0.3 is 5.32 Å². The number of aryl methyl sites for hydroxylation is 2. The van der Waals surface area contributed by atoms with E-state index in [1.165, 1.54) is 10.4 Å². The third-order valence-electron chi connectivity index (χ3n) is 3.64. The Kier molecular flexibility index (Phi) is 3.88. The van der Waals surface area contributed by atoms with Gasteiger partial charge >= 0.3 is 0 Å². The zero-order chi connectivity index (χ0) is 14.8. The number of thiophene rings is 1. The number of fused-ring (bicyclic) bond motifs is 1. The minimum Gasteiger partial charge on any atom is -0.369 e. The zero-order valence-corrected chi connectivity index (χ0v) is 13.3. The molecule has 1 atom stereocenters. The third kappa shape index (κ3) is 2.90. The number of anilines is 1. The Balaban J connectivity index is 1.73. The molecule has 21 heavy (non-hydrogen) atoms. The summed E-state index contributed by atoms with van der Waals surface area (Å²) in [6.45, 7) is 8.23. The first-order chi connectivity index (χ1) is 10.1. The first kappa shape index (κ1) is 14.0. The Morgan fingerprint density at radius 1 is 1.33 bits per heavy atom. The van der Waals surface area contributed by atoms with Crippen molar-refractivity contribution in [3.05, 3.63) is 35.2 Å². The van der Waals surface area contributed by atoms with Gasteiger partial charge in [-0.15, -0.1) is 11.3 Å². The highest BCUT2D eigenvalue weighted by molar-refractivity contribution is 7.18. The highest BCUT2D eigenvalue weighted by atomic mass is 32.1. The van der Waals surface area contributed by atoms with Gasteiger partial charge in [-0.2, -0.15) is 5.10 Å². The maximum atomic E-state index is 4.41. The first-order valence-electron chi connectivity index (χ1n) is 7.07. The number of rotatable bonds is 5. The molecule has 0 aromatic carbocycles. The average Bonchev–Trinajstić information content (AvgIpc) is 3.06. The van der Waals surface area contributed by atoms with Crippen molar-refractivity contribution in [1.29, 1.82) is 0 Å². The van der Waals surface area contributed by atoms with Crippen molar-refractivity contribution < 1.29 is 0 Å². The lowest BCUT2D eigenvalue weighted by molar-refractivity contribution is 0.467. The molecule has 3 aromatic rings. The van der Waals surface area contributed by atoms with Crippen molar-refractivity contribution in [1.82, 2.24) is 19.7 Å². The minimum absolute atomic E-state index is 0.468. The SMILES string of the molecule is Cc1sc2ncnc(NCC(C)Cn3cccn3)c2c1C. The summed E-state index contributed by atoms with van der Waals surface area (Å²) in [5.74, 6) is 1.41. The Morgan fingerprint density at radius 2 is 2.19 bits per heavy atom. The van der Waals surface area contributed by atoms with Crippen molar-refractivity contribution in [2.75, 3.05) is 11.9 Å². The quantitative estimate of drug-likeness (QED) is 0.786. The zero-order valence-electron chi connectivity index (χ0n) is 12.5. The Hall–Kier alpha value is -1.95. The second-order valence-corrected chi connectivity index (χ2v) is 6.60. The highest BCUT2D eigenvalue weighted by Gasteiger charge is 2.12. The summed E-state index contributed by atoms with van der Waals surface area (Å²) in [6.07, 6.45) is 5.44. The maximum Gasteiger partial charge on any atom is 0.138 e. The molecule has 0 spiro atoms. The lowest BCUT2D eigenvalue weighted by Crippen LogP contribution is -2.18. The summed E-state index contributed by atoms with van der Waals surface area (Å²) in [6, 6.07) is 1.95. The van der Waals surface area contributed by atoms with Crippen LogP contribution in [0.2, 0.25) is 0 Å². The molecule has 1 unspecified atom stereocenters. The molecule has 1 N–H and O–H groups in total. The van der Waals surface area contributed by atoms with Gasteiger partial charge in [0.25, 0.3) is 0 Å². The molecule has 0 fully saturated rings. The van der Waals surface area contributed by atoms with Gasteiger partial charge in [-0.05, 0) is 31.4 Å². The van der Waals surface area contributed by atoms with E-state index in [1.807, 2.05) is 23.1 Å². The van der Waals surface area contributed by atoms with Crippen molar-refractivity contribution in [2.45, 2.75) is 27.3 Å². The molecule has 3 rings (SSSR count). The van der Waals surface area contributed by atoms with Crippen LogP contribution in [0.4, 0.5) is 5.82 Å². The van der Waals surface area contributed by atoms with E-state index in [-0.39, 0.29) is 0 Å². The van der Waals surface area contributed by atoms with Crippen molar-refractivity contribution in [3.8, 4) is 0 Å². The molecule has 0 aliphatic heterocycles. The van der Waals surface area contributed by atoms with Crippen LogP contribution >= 0.6 is 11.3 Å². The van der Waals surface area contributed by atoms with Crippen LogP contribution in [0.1, 0.15) is 17.4 Å². The van der Waals surface area contributed by atoms with E-state index < -0.39 is 0 Å². The predicted molar refractivity (Wildman–Crippen MR) is 86.8 cm³/mol. The van der Waals surface area contributed by atoms with Gasteiger partial charge in [-0.1, -0.05) is 6.92 Å². The Morgan fingerprint density at radius 3 is 2.95 bits per heavy atom. The van der Waals surface area contributed by atoms with Crippen LogP contribution in [0.15, 0.2) is 24.8 Å². The fraction of sp³-hybridized carbons (Fsp3) is 0.400. The number of hydrogen-bond acceptors (Lipinski definition) is 5. The van der Waals surface area contributed by atoms with E-state index in [1.54, 1.807) is 17.7 Å². The number of hydrogen-bond donors (Lipinski definition) is 1. The van der Waals surface area contributed by atoms with Crippen molar-refractivity contribution in [2.24, 2.45) is 5.92 Å². The summed E-state index contributed by atoms with van der Waals surface area (Å²) in [5, 5.41) is 8.87. The molecule has 5 nitrogen and oxygen atoms in total. The number of nitrogens with zero attached hydrogens (tertiary/aromatic N) is 4. The standard InChI is InChI=1S/C15H19N5S/c1-10(8-20-6-4-5-19-20)7-16-14-13-11(2)12(3)21-15(13)18-9-17-14/h4-6,9-10H,7-8H2,1-3H3,(H,16,17,18). The van der Waals surface area contributed by atoms with Gasteiger partial charge in [0.2, 0.25) is 0 Å². The van der Waals surface area contributed by atoms with E-state index >= 15 is 0 Å². The van der Waals surface area contributed by atoms with Gasteiger partial charge in [0.1, 0.15) is 17.0 Å². The van der Waals surface area contributed by atoms with E-state index in [2.05, 4.69) is 41.2 Å². The predicted octanol–water partition coefficient (Wildman–Crippen LogP) is 3.25. The van der Waals surface area contributed by atoms with Gasteiger partial charge in [-0.3, -0.25) is 4.68 Å². The van der Waals surface area contributed by atoms with Crippen LogP contribution in [-0.2, 0) is 6.54 Å². The van der Waals surface area contributed by atoms with E-state index in [0.29, 0.717) is 5.92 Å². The van der Waals surface area contributed by atoms with Crippen LogP contribution < -0.4 is 5.32 Å². The summed E-state index contributed by atoms with van der Waals surface area (Å²) >= 11 is 1.73. The molecule has 0 saturated heterocycles. The Labute approximate surface area is 128 Å². The molecular weight excluding hydrogens is 282 g/mol. The second-order valence-electron chi connectivity index (χ2n) is 5.40. The molecule has 0 amide bonds. The van der Waals surface area contributed by atoms with Gasteiger partial charge in [-0.25, -0.2) is 9.97 Å². The molecule has 0 aliphatic rings. The van der Waals surface area contributed by atoms with Crippen LogP contribution in [0.3, 0.4) is 0 Å². The van der Waals surface area contributed by atoms with Crippen LogP contribution in [-0.4, -0.2) is 26.3 Å². The van der Waals surface area contributed by atoms with Crippen molar-refractivity contribution in [3.63, 3.8) is 0 Å². The normalized spacial score (nSPS) is 12.7. The van der Waals surface area contributed by atoms with Gasteiger partial charge in [0.05, 0.1) is 5.39 Å². The molecule has 0 saturated carbocycles. The van der Waals surface area contributed by atoms with E-state index in [0.717, 1.165) is 29.1 Å². The number of aromatic nitrogens is 4. The summed E-state index contributed by atoms with van der Waals surface area (Å²) in [5.41, 5.74) is 1.28. The van der Waals surface area contributed by atoms with Crippen LogP contribution in [0.25, 0.3) is 10.2 Å². The molecule has 0 radical (unpaired) electrons. The monoisotopic (exact) mass is 301 g/mol. The highest BCUT2D eigenvalue weighted by Crippen LogP contribution is 2.32. The minimum atomic E-state index is 0.468. The van der Waals surface area contributed by atoms with E-state index in [4.69, 9.17) is 0 Å². The van der Waals surface area contributed by atoms with Gasteiger partial charge in [0, 0.05) is 30.4 Å². The molecule has 0 bridgehead atoms. The summed E-state index contributed by atoms with van der Waals surface area (Å²) in [4.78, 5) is 11.1. The largest absolute Gasteiger partial charge is 0.369 e. The molecule has 0 aliphatic carbocycles. The lowest BCUT2D eigenvalue weighted by Gasteiger charge is -2.13. The molecule has 6 heteroatoms. The average molecular weight is 301 g/mol. The van der Waals surface area contributed by atoms with E-state index in [9.17, 15) is 0 Å². The third-order valence-corrected chi connectivity index (χ3v) is 4.76. The summed E-state index contributed by atoms with van der Waals surface area (Å²) in [7, 11) is 0. The topological polar surface area (TPSA) is 55.6 Å². The molecule has 3 heterocycles. The fourth-order valence-corrected chi connectivity index (χ4v) is 3.38. The van der Waals surface area contributed by atoms with Gasteiger partial charge in [0.15, 0.2) is 0 Å². The molecule has 110 valence electrons. The molecule has 3 aromatic heterocycles. The molecular formula is C15H19N5S. The lowest BCUT2D eigenvalue weighted by atomic mass is 10.1. The van der Waals surface area contributed by atoms with Crippen LogP contribution in [0, 0.1) is 19.8 Å². The second kappa shape index (κ2) is 5.81. The number of nitrogens with one attached hydrogen (secondary N) is 1. The maximum absolute atomic E-state index is 4.41. The Bertz CT molecular complexity index is 732. The van der Waals surface area contributed by atoms with Crippen LogP contribution in [0.5, 0.6) is 0 Å². The van der Waals surface area contributed by atoms with Crippen molar-refractivity contribution >= 4 is 27.4 Å². The first-order valence-corrected chi connectivity index (χ1v) is 7.89. The fourth-order valence-electron chi connectivity index (χ4n) is 2.38. The summed E-state index contributed by atoms with van der Waals surface area (Å²) < 4.78 is 1.96.